The van der Waals surface area contributed by atoms with Crippen molar-refractivity contribution in [3.8, 4) is 11.3 Å². The highest BCUT2D eigenvalue weighted by Gasteiger charge is 2.09. The van der Waals surface area contributed by atoms with Gasteiger partial charge in [0.15, 0.2) is 0 Å². The van der Waals surface area contributed by atoms with E-state index in [1.54, 1.807) is 25.3 Å². The fourth-order valence-corrected chi connectivity index (χ4v) is 2.60. The molecule has 0 spiro atoms. The molecule has 1 aromatic heterocycles. The second kappa shape index (κ2) is 9.48. The zero-order chi connectivity index (χ0) is 19.8. The molecule has 0 aliphatic heterocycles. The van der Waals surface area contributed by atoms with Gasteiger partial charge in [0.05, 0.1) is 25.0 Å². The number of hydrogen-bond donors (Lipinski definition) is 2. The predicted molar refractivity (Wildman–Crippen MR) is 109 cm³/mol. The quantitative estimate of drug-likeness (QED) is 0.456. The minimum absolute atomic E-state index is 0.391. The van der Waals surface area contributed by atoms with E-state index in [1.165, 1.54) is 7.11 Å². The highest BCUT2D eigenvalue weighted by Crippen LogP contribution is 2.24. The van der Waals surface area contributed by atoms with E-state index in [9.17, 15) is 4.79 Å². The van der Waals surface area contributed by atoms with Gasteiger partial charge in [0.1, 0.15) is 5.82 Å². The molecule has 7 heteroatoms. The van der Waals surface area contributed by atoms with Crippen LogP contribution in [0.1, 0.15) is 10.4 Å². The maximum Gasteiger partial charge on any atom is 0.337 e. The number of hydrogen-bond acceptors (Lipinski definition) is 7. The SMILES string of the molecule is COCCNc1nc(Nc2cccc(C(=O)OC)c2)cc(-c2ccccc2)n1. The second-order valence-electron chi connectivity index (χ2n) is 5.95. The van der Waals surface area contributed by atoms with Crippen molar-refractivity contribution in [3.05, 3.63) is 66.2 Å². The lowest BCUT2D eigenvalue weighted by molar-refractivity contribution is 0.0601. The van der Waals surface area contributed by atoms with Gasteiger partial charge >= 0.3 is 5.97 Å². The van der Waals surface area contributed by atoms with Crippen LogP contribution in [0.5, 0.6) is 0 Å². The number of benzene rings is 2. The van der Waals surface area contributed by atoms with E-state index in [0.29, 0.717) is 30.5 Å². The molecule has 2 aromatic carbocycles. The van der Waals surface area contributed by atoms with Gasteiger partial charge in [-0.3, -0.25) is 0 Å². The number of nitrogens with zero attached hydrogens (tertiary/aromatic N) is 2. The summed E-state index contributed by atoms with van der Waals surface area (Å²) < 4.78 is 9.85. The van der Waals surface area contributed by atoms with Crippen LogP contribution >= 0.6 is 0 Å². The average molecular weight is 378 g/mol. The molecule has 0 aliphatic carbocycles. The summed E-state index contributed by atoms with van der Waals surface area (Å²) in [6.45, 7) is 1.13. The molecule has 7 nitrogen and oxygen atoms in total. The first-order valence-electron chi connectivity index (χ1n) is 8.82. The number of nitrogens with one attached hydrogen (secondary N) is 2. The number of methoxy groups -OCH3 is 2. The Morgan fingerprint density at radius 1 is 1.00 bits per heavy atom. The zero-order valence-electron chi connectivity index (χ0n) is 15.8. The van der Waals surface area contributed by atoms with E-state index in [0.717, 1.165) is 16.9 Å². The van der Waals surface area contributed by atoms with Crippen molar-refractivity contribution < 1.29 is 14.3 Å². The van der Waals surface area contributed by atoms with Gasteiger partial charge in [0, 0.05) is 31.0 Å². The van der Waals surface area contributed by atoms with Crippen molar-refractivity contribution in [1.29, 1.82) is 0 Å². The first-order chi connectivity index (χ1) is 13.7. The molecule has 0 saturated carbocycles. The topological polar surface area (TPSA) is 85.4 Å². The zero-order valence-corrected chi connectivity index (χ0v) is 15.8. The third kappa shape index (κ3) is 5.05. The maximum absolute atomic E-state index is 11.8. The van der Waals surface area contributed by atoms with Crippen molar-refractivity contribution in [2.75, 3.05) is 38.0 Å². The molecule has 0 amide bonds. The molecule has 1 heterocycles. The van der Waals surface area contributed by atoms with E-state index in [1.807, 2.05) is 42.5 Å². The Morgan fingerprint density at radius 3 is 2.57 bits per heavy atom. The van der Waals surface area contributed by atoms with Crippen LogP contribution < -0.4 is 10.6 Å². The van der Waals surface area contributed by atoms with Crippen LogP contribution in [0.3, 0.4) is 0 Å². The Morgan fingerprint density at radius 2 is 1.82 bits per heavy atom. The van der Waals surface area contributed by atoms with Crippen molar-refractivity contribution >= 4 is 23.4 Å². The largest absolute Gasteiger partial charge is 0.465 e. The molecular weight excluding hydrogens is 356 g/mol. The fourth-order valence-electron chi connectivity index (χ4n) is 2.60. The lowest BCUT2D eigenvalue weighted by atomic mass is 10.1. The minimum atomic E-state index is -0.391. The van der Waals surface area contributed by atoms with Gasteiger partial charge in [0.25, 0.3) is 0 Å². The van der Waals surface area contributed by atoms with Gasteiger partial charge < -0.3 is 20.1 Å². The van der Waals surface area contributed by atoms with E-state index >= 15 is 0 Å². The molecule has 0 aliphatic rings. The lowest BCUT2D eigenvalue weighted by Crippen LogP contribution is -2.11. The molecule has 3 aromatic rings. The summed E-state index contributed by atoms with van der Waals surface area (Å²) >= 11 is 0. The van der Waals surface area contributed by atoms with Crippen molar-refractivity contribution in [3.63, 3.8) is 0 Å². The van der Waals surface area contributed by atoms with Crippen LogP contribution in [-0.2, 0) is 9.47 Å². The number of rotatable bonds is 8. The van der Waals surface area contributed by atoms with Crippen molar-refractivity contribution in [2.24, 2.45) is 0 Å². The molecule has 0 atom stereocenters. The van der Waals surface area contributed by atoms with Crippen LogP contribution in [0.2, 0.25) is 0 Å². The molecule has 0 bridgehead atoms. The number of anilines is 3. The van der Waals surface area contributed by atoms with Crippen molar-refractivity contribution in [1.82, 2.24) is 9.97 Å². The highest BCUT2D eigenvalue weighted by molar-refractivity contribution is 5.90. The molecule has 0 unspecified atom stereocenters. The third-order valence-corrected chi connectivity index (χ3v) is 3.94. The number of aromatic nitrogens is 2. The van der Waals surface area contributed by atoms with Crippen LogP contribution in [0.15, 0.2) is 60.7 Å². The number of esters is 1. The smallest absolute Gasteiger partial charge is 0.337 e. The Hall–Kier alpha value is -3.45. The van der Waals surface area contributed by atoms with Crippen LogP contribution in [0.25, 0.3) is 11.3 Å². The molecular formula is C21H22N4O3. The van der Waals surface area contributed by atoms with Gasteiger partial charge in [-0.2, -0.15) is 4.98 Å². The number of carbonyl (C=O) groups is 1. The highest BCUT2D eigenvalue weighted by atomic mass is 16.5. The summed E-state index contributed by atoms with van der Waals surface area (Å²) in [5, 5.41) is 6.39. The second-order valence-corrected chi connectivity index (χ2v) is 5.95. The van der Waals surface area contributed by atoms with E-state index in [4.69, 9.17) is 9.47 Å². The van der Waals surface area contributed by atoms with Gasteiger partial charge in [-0.1, -0.05) is 36.4 Å². The van der Waals surface area contributed by atoms with Crippen LogP contribution in [0.4, 0.5) is 17.5 Å². The summed E-state index contributed by atoms with van der Waals surface area (Å²) in [4.78, 5) is 20.9. The van der Waals surface area contributed by atoms with Crippen molar-refractivity contribution in [2.45, 2.75) is 0 Å². The molecule has 144 valence electrons. The van der Waals surface area contributed by atoms with E-state index in [-0.39, 0.29) is 0 Å². The first kappa shape index (κ1) is 19.3. The molecule has 2 N–H and O–H groups in total. The Bertz CT molecular complexity index is 932. The summed E-state index contributed by atoms with van der Waals surface area (Å²) in [6.07, 6.45) is 0. The molecule has 0 radical (unpaired) electrons. The normalized spacial score (nSPS) is 10.4. The Kier molecular flexibility index (Phi) is 6.54. The minimum Gasteiger partial charge on any atom is -0.465 e. The standard InChI is InChI=1S/C21H22N4O3/c1-27-12-11-22-21-24-18(15-7-4-3-5-8-15)14-19(25-21)23-17-10-6-9-16(13-17)20(26)28-2/h3-10,13-14H,11-12H2,1-2H3,(H2,22,23,24,25). The summed E-state index contributed by atoms with van der Waals surface area (Å²) in [7, 11) is 3.00. The van der Waals surface area contributed by atoms with Gasteiger partial charge in [0.2, 0.25) is 5.95 Å². The Balaban J connectivity index is 1.91. The fraction of sp³-hybridized carbons (Fsp3) is 0.190. The van der Waals surface area contributed by atoms with Gasteiger partial charge in [-0.25, -0.2) is 9.78 Å². The van der Waals surface area contributed by atoms with E-state index < -0.39 is 5.97 Å². The van der Waals surface area contributed by atoms with Gasteiger partial charge in [-0.05, 0) is 18.2 Å². The molecule has 0 fully saturated rings. The predicted octanol–water partition coefficient (Wildman–Crippen LogP) is 3.73. The third-order valence-electron chi connectivity index (χ3n) is 3.94. The van der Waals surface area contributed by atoms with E-state index in [2.05, 4.69) is 20.6 Å². The summed E-state index contributed by atoms with van der Waals surface area (Å²) in [5.74, 6) is 0.707. The molecule has 28 heavy (non-hydrogen) atoms. The maximum atomic E-state index is 11.8. The van der Waals surface area contributed by atoms with Crippen LogP contribution in [-0.4, -0.2) is 43.3 Å². The van der Waals surface area contributed by atoms with Gasteiger partial charge in [-0.15, -0.1) is 0 Å². The number of carbonyl (C=O) groups excluding carboxylic acids is 1. The monoisotopic (exact) mass is 378 g/mol. The summed E-state index contributed by atoms with van der Waals surface area (Å²) in [6, 6.07) is 18.8. The molecule has 0 saturated heterocycles. The first-order valence-corrected chi connectivity index (χ1v) is 8.82. The van der Waals surface area contributed by atoms with Crippen LogP contribution in [0, 0.1) is 0 Å². The summed E-state index contributed by atoms with van der Waals surface area (Å²) in [5.41, 5.74) is 2.94. The average Bonchev–Trinajstić information content (AvgIpc) is 2.74. The molecule has 3 rings (SSSR count). The lowest BCUT2D eigenvalue weighted by Gasteiger charge is -2.12. The Labute approximate surface area is 163 Å². The number of ether oxygens (including phenoxy) is 2.